The number of hydrogen-bond donors (Lipinski definition) is 3. The molecule has 0 saturated heterocycles. The molecule has 4 N–H and O–H groups in total. The van der Waals surface area contributed by atoms with Crippen molar-refractivity contribution < 1.29 is 4.79 Å². The average Bonchev–Trinajstić information content (AvgIpc) is 2.72. The number of nitrogens with one attached hydrogen (secondary N) is 2. The van der Waals surface area contributed by atoms with E-state index in [9.17, 15) is 9.59 Å². The molecule has 0 bridgehead atoms. The maximum absolute atomic E-state index is 11.6. The van der Waals surface area contributed by atoms with E-state index < -0.39 is 0 Å². The summed E-state index contributed by atoms with van der Waals surface area (Å²) >= 11 is 1.22. The summed E-state index contributed by atoms with van der Waals surface area (Å²) in [5.41, 5.74) is 6.58. The lowest BCUT2D eigenvalue weighted by molar-refractivity contribution is 0.0963. The van der Waals surface area contributed by atoms with Crippen molar-refractivity contribution in [1.29, 1.82) is 0 Å². The Kier molecular flexibility index (Phi) is 3.61. The minimum atomic E-state index is -0.302. The lowest BCUT2D eigenvalue weighted by Crippen LogP contribution is -2.17. The molecule has 2 rings (SSSR count). The molecule has 19 heavy (non-hydrogen) atoms. The van der Waals surface area contributed by atoms with Crippen molar-refractivity contribution in [2.75, 3.05) is 12.8 Å². The fourth-order valence-electron chi connectivity index (χ4n) is 1.43. The highest BCUT2D eigenvalue weighted by atomic mass is 32.2. The number of carbonyl (C=O) groups is 1. The molecule has 1 amide bonds. The van der Waals surface area contributed by atoms with Gasteiger partial charge in [0.15, 0.2) is 5.16 Å². The number of carbonyl (C=O) groups excluding carboxylic acids is 1. The molecule has 0 radical (unpaired) electrons. The van der Waals surface area contributed by atoms with Crippen LogP contribution < -0.4 is 16.7 Å². The first-order valence-corrected chi connectivity index (χ1v) is 6.25. The van der Waals surface area contributed by atoms with Crippen molar-refractivity contribution in [1.82, 2.24) is 20.1 Å². The zero-order valence-corrected chi connectivity index (χ0v) is 11.2. The third kappa shape index (κ3) is 2.63. The van der Waals surface area contributed by atoms with Gasteiger partial charge in [0.1, 0.15) is 0 Å². The quantitative estimate of drug-likeness (QED) is 0.696. The molecular weight excluding hydrogens is 266 g/mol. The van der Waals surface area contributed by atoms with Gasteiger partial charge in [-0.15, -0.1) is 5.10 Å². The smallest absolute Gasteiger partial charge is 0.343 e. The van der Waals surface area contributed by atoms with Crippen molar-refractivity contribution in [3.8, 4) is 0 Å². The Hall–Kier alpha value is -2.22. The normalized spacial score (nSPS) is 10.4. The summed E-state index contributed by atoms with van der Waals surface area (Å²) < 4.78 is 1.37. The van der Waals surface area contributed by atoms with Crippen molar-refractivity contribution in [2.24, 2.45) is 7.05 Å². The monoisotopic (exact) mass is 279 g/mol. The lowest BCUT2D eigenvalue weighted by atomic mass is 10.2. The van der Waals surface area contributed by atoms with Gasteiger partial charge >= 0.3 is 5.69 Å². The molecule has 1 heterocycles. The Morgan fingerprint density at radius 2 is 2.26 bits per heavy atom. The number of nitrogens with two attached hydrogens (primary N) is 1. The van der Waals surface area contributed by atoms with Crippen molar-refractivity contribution in [3.63, 3.8) is 0 Å². The second kappa shape index (κ2) is 5.19. The van der Waals surface area contributed by atoms with Gasteiger partial charge in [-0.1, -0.05) is 0 Å². The molecule has 100 valence electrons. The first kappa shape index (κ1) is 13.2. The van der Waals surface area contributed by atoms with E-state index in [1.165, 1.54) is 16.3 Å². The average molecular weight is 279 g/mol. The third-order valence-electron chi connectivity index (χ3n) is 2.54. The van der Waals surface area contributed by atoms with Gasteiger partial charge in [0.05, 0.1) is 0 Å². The van der Waals surface area contributed by atoms with Crippen LogP contribution in [0.25, 0.3) is 0 Å². The minimum Gasteiger partial charge on any atom is -0.398 e. The van der Waals surface area contributed by atoms with Crippen LogP contribution in [-0.4, -0.2) is 27.7 Å². The van der Waals surface area contributed by atoms with E-state index in [1.54, 1.807) is 32.3 Å². The lowest BCUT2D eigenvalue weighted by Gasteiger charge is -2.07. The Bertz CT molecular complexity index is 676. The molecule has 0 aliphatic rings. The Balaban J connectivity index is 2.37. The number of nitrogen functional groups attached to an aromatic ring is 1. The van der Waals surface area contributed by atoms with Crippen LogP contribution in [0.1, 0.15) is 10.4 Å². The molecule has 0 saturated carbocycles. The number of aromatic amines is 1. The summed E-state index contributed by atoms with van der Waals surface area (Å²) in [5, 5.41) is 9.24. The van der Waals surface area contributed by atoms with Crippen molar-refractivity contribution in [3.05, 3.63) is 34.2 Å². The molecule has 0 aliphatic carbocycles. The Morgan fingerprint density at radius 3 is 2.84 bits per heavy atom. The summed E-state index contributed by atoms with van der Waals surface area (Å²) in [7, 11) is 3.16. The standard InChI is InChI=1S/C11H13N5O2S/c1-13-9(17)6-3-4-7(12)8(5-6)19-11-15-14-10(18)16(11)2/h3-5H,12H2,1-2H3,(H,13,17)(H,14,18). The van der Waals surface area contributed by atoms with Gasteiger partial charge in [-0.2, -0.15) is 0 Å². The zero-order valence-electron chi connectivity index (χ0n) is 10.4. The number of hydrogen-bond acceptors (Lipinski definition) is 5. The van der Waals surface area contributed by atoms with Crippen LogP contribution in [0.4, 0.5) is 5.69 Å². The van der Waals surface area contributed by atoms with Gasteiger partial charge in [0, 0.05) is 30.2 Å². The van der Waals surface area contributed by atoms with Crippen LogP contribution >= 0.6 is 11.8 Å². The van der Waals surface area contributed by atoms with Crippen LogP contribution in [0.3, 0.4) is 0 Å². The zero-order chi connectivity index (χ0) is 14.0. The van der Waals surface area contributed by atoms with E-state index in [-0.39, 0.29) is 11.6 Å². The maximum atomic E-state index is 11.6. The molecular formula is C11H13N5O2S. The van der Waals surface area contributed by atoms with Crippen molar-refractivity contribution in [2.45, 2.75) is 10.1 Å². The van der Waals surface area contributed by atoms with Gasteiger partial charge in [-0.25, -0.2) is 9.89 Å². The van der Waals surface area contributed by atoms with Crippen LogP contribution in [0.5, 0.6) is 0 Å². The van der Waals surface area contributed by atoms with Crippen LogP contribution in [0.15, 0.2) is 33.0 Å². The predicted molar refractivity (Wildman–Crippen MR) is 72.2 cm³/mol. The van der Waals surface area contributed by atoms with E-state index in [2.05, 4.69) is 15.5 Å². The topological polar surface area (TPSA) is 106 Å². The van der Waals surface area contributed by atoms with E-state index in [4.69, 9.17) is 5.73 Å². The molecule has 0 atom stereocenters. The number of aromatic nitrogens is 3. The van der Waals surface area contributed by atoms with Gasteiger partial charge in [0.2, 0.25) is 0 Å². The number of amides is 1. The molecule has 0 unspecified atom stereocenters. The molecule has 1 aromatic carbocycles. The third-order valence-corrected chi connectivity index (χ3v) is 3.66. The summed E-state index contributed by atoms with van der Waals surface area (Å²) in [6, 6.07) is 4.96. The van der Waals surface area contributed by atoms with Gasteiger partial charge in [-0.3, -0.25) is 9.36 Å². The van der Waals surface area contributed by atoms with E-state index >= 15 is 0 Å². The number of H-pyrrole nitrogens is 1. The first-order valence-electron chi connectivity index (χ1n) is 5.43. The molecule has 8 heteroatoms. The molecule has 0 spiro atoms. The van der Waals surface area contributed by atoms with E-state index in [1.807, 2.05) is 0 Å². The highest BCUT2D eigenvalue weighted by Gasteiger charge is 2.11. The van der Waals surface area contributed by atoms with Gasteiger partial charge in [0.25, 0.3) is 5.91 Å². The summed E-state index contributed by atoms with van der Waals surface area (Å²) in [6.07, 6.45) is 0. The largest absolute Gasteiger partial charge is 0.398 e. The van der Waals surface area contributed by atoms with Gasteiger partial charge in [-0.05, 0) is 30.0 Å². The van der Waals surface area contributed by atoms with E-state index in [0.29, 0.717) is 21.3 Å². The molecule has 0 fully saturated rings. The van der Waals surface area contributed by atoms with Gasteiger partial charge < -0.3 is 11.1 Å². The molecule has 1 aromatic heterocycles. The summed E-state index contributed by atoms with van der Waals surface area (Å²) in [4.78, 5) is 23.5. The fraction of sp³-hybridized carbons (Fsp3) is 0.182. The first-order chi connectivity index (χ1) is 9.02. The molecule has 7 nitrogen and oxygen atoms in total. The number of rotatable bonds is 3. The number of anilines is 1. The highest BCUT2D eigenvalue weighted by Crippen LogP contribution is 2.30. The van der Waals surface area contributed by atoms with Crippen LogP contribution in [-0.2, 0) is 7.05 Å². The fourth-order valence-corrected chi connectivity index (χ4v) is 2.31. The molecule has 0 aliphatic heterocycles. The molecule has 2 aromatic rings. The Morgan fingerprint density at radius 1 is 1.53 bits per heavy atom. The second-order valence-electron chi connectivity index (χ2n) is 3.80. The minimum absolute atomic E-state index is 0.197. The van der Waals surface area contributed by atoms with Crippen molar-refractivity contribution >= 4 is 23.4 Å². The Labute approximate surface area is 113 Å². The maximum Gasteiger partial charge on any atom is 0.343 e. The SMILES string of the molecule is CNC(=O)c1ccc(N)c(Sc2n[nH]c(=O)n2C)c1. The van der Waals surface area contributed by atoms with E-state index in [0.717, 1.165) is 0 Å². The van der Waals surface area contributed by atoms with Crippen LogP contribution in [0, 0.1) is 0 Å². The highest BCUT2D eigenvalue weighted by molar-refractivity contribution is 7.99. The number of benzene rings is 1. The predicted octanol–water partition coefficient (Wildman–Crippen LogP) is 0.201. The summed E-state index contributed by atoms with van der Waals surface area (Å²) in [5.74, 6) is -0.197. The summed E-state index contributed by atoms with van der Waals surface area (Å²) in [6.45, 7) is 0. The second-order valence-corrected chi connectivity index (χ2v) is 4.81. The van der Waals surface area contributed by atoms with Crippen LogP contribution in [0.2, 0.25) is 0 Å². The number of nitrogens with zero attached hydrogens (tertiary/aromatic N) is 2.